The molecule has 0 aliphatic rings. The number of sulfonamides is 1. The van der Waals surface area contributed by atoms with Gasteiger partial charge >= 0.3 is 0 Å². The molecule has 0 spiro atoms. The lowest BCUT2D eigenvalue weighted by Crippen LogP contribution is -2.28. The van der Waals surface area contributed by atoms with Gasteiger partial charge in [0.05, 0.1) is 10.4 Å². The Morgan fingerprint density at radius 3 is 2.31 bits per heavy atom. The highest BCUT2D eigenvalue weighted by Gasteiger charge is 2.16. The van der Waals surface area contributed by atoms with Crippen LogP contribution in [0.15, 0.2) is 65.7 Å². The first-order chi connectivity index (χ1) is 13.8. The standard InChI is InChI=1S/C20H19N3O5S/c1-14(24)22-29(27,28)17-8-6-16(7-9-17)21-19(25)10-11-20(26)23-13-12-15-4-2-3-5-18(15)23/h2-9,12-13H,10-11H2,1H3,(H,21,25)(H,22,24). The Morgan fingerprint density at radius 2 is 1.62 bits per heavy atom. The van der Waals surface area contributed by atoms with Crippen molar-refractivity contribution in [3.8, 4) is 0 Å². The van der Waals surface area contributed by atoms with E-state index in [1.54, 1.807) is 6.20 Å². The molecule has 0 unspecified atom stereocenters. The number of aromatic nitrogens is 1. The summed E-state index contributed by atoms with van der Waals surface area (Å²) in [7, 11) is -3.93. The minimum Gasteiger partial charge on any atom is -0.326 e. The van der Waals surface area contributed by atoms with E-state index in [0.29, 0.717) is 5.69 Å². The lowest BCUT2D eigenvalue weighted by atomic mass is 10.2. The summed E-state index contributed by atoms with van der Waals surface area (Å²) in [4.78, 5) is 35.4. The van der Waals surface area contributed by atoms with Crippen LogP contribution in [-0.4, -0.2) is 30.7 Å². The molecule has 0 radical (unpaired) electrons. The van der Waals surface area contributed by atoms with Gasteiger partial charge in [-0.15, -0.1) is 0 Å². The predicted octanol–water partition coefficient (Wildman–Crippen LogP) is 2.53. The number of carbonyl (C=O) groups is 3. The summed E-state index contributed by atoms with van der Waals surface area (Å²) in [5.41, 5.74) is 1.17. The summed E-state index contributed by atoms with van der Waals surface area (Å²) in [6, 6.07) is 14.7. The van der Waals surface area contributed by atoms with E-state index >= 15 is 0 Å². The van der Waals surface area contributed by atoms with Crippen LogP contribution in [-0.2, 0) is 19.6 Å². The number of nitrogens with zero attached hydrogens (tertiary/aromatic N) is 1. The minimum atomic E-state index is -3.93. The molecule has 0 bridgehead atoms. The number of hydrogen-bond acceptors (Lipinski definition) is 5. The molecule has 9 heteroatoms. The van der Waals surface area contributed by atoms with Crippen LogP contribution in [0.5, 0.6) is 0 Å². The van der Waals surface area contributed by atoms with Gasteiger partial charge in [-0.25, -0.2) is 13.1 Å². The van der Waals surface area contributed by atoms with Crippen LogP contribution in [0, 0.1) is 0 Å². The highest BCUT2D eigenvalue weighted by Crippen LogP contribution is 2.17. The molecule has 0 aliphatic carbocycles. The third kappa shape index (κ3) is 4.88. The van der Waals surface area contributed by atoms with Gasteiger partial charge in [0.15, 0.2) is 0 Å². The van der Waals surface area contributed by atoms with Crippen molar-refractivity contribution in [2.45, 2.75) is 24.7 Å². The van der Waals surface area contributed by atoms with E-state index in [2.05, 4.69) is 5.32 Å². The first-order valence-corrected chi connectivity index (χ1v) is 10.3. The largest absolute Gasteiger partial charge is 0.326 e. The van der Waals surface area contributed by atoms with Gasteiger partial charge < -0.3 is 5.32 Å². The van der Waals surface area contributed by atoms with Crippen LogP contribution in [0.2, 0.25) is 0 Å². The maximum atomic E-state index is 12.4. The van der Waals surface area contributed by atoms with Gasteiger partial charge in [-0.2, -0.15) is 0 Å². The zero-order chi connectivity index (χ0) is 21.0. The number of carbonyl (C=O) groups excluding carboxylic acids is 3. The molecule has 1 heterocycles. The van der Waals surface area contributed by atoms with Crippen LogP contribution < -0.4 is 10.0 Å². The fourth-order valence-corrected chi connectivity index (χ4v) is 3.82. The van der Waals surface area contributed by atoms with E-state index in [4.69, 9.17) is 0 Å². The zero-order valence-corrected chi connectivity index (χ0v) is 16.4. The molecule has 0 atom stereocenters. The number of rotatable bonds is 6. The number of para-hydroxylation sites is 1. The van der Waals surface area contributed by atoms with Gasteiger partial charge in [-0.3, -0.25) is 19.0 Å². The van der Waals surface area contributed by atoms with Gasteiger partial charge in [-0.05, 0) is 36.4 Å². The molecule has 150 valence electrons. The highest BCUT2D eigenvalue weighted by molar-refractivity contribution is 7.90. The average molecular weight is 413 g/mol. The van der Waals surface area contributed by atoms with Crippen molar-refractivity contribution in [1.82, 2.24) is 9.29 Å². The molecule has 0 aliphatic heterocycles. The third-order valence-corrected chi connectivity index (χ3v) is 5.61. The Hall–Kier alpha value is -3.46. The molecular formula is C20H19N3O5S. The number of amides is 2. The van der Waals surface area contributed by atoms with Crippen LogP contribution >= 0.6 is 0 Å². The molecule has 2 aromatic carbocycles. The lowest BCUT2D eigenvalue weighted by molar-refractivity contribution is -0.117. The molecule has 3 rings (SSSR count). The lowest BCUT2D eigenvalue weighted by Gasteiger charge is -2.08. The van der Waals surface area contributed by atoms with Gasteiger partial charge in [0, 0.05) is 37.0 Å². The topological polar surface area (TPSA) is 114 Å². The van der Waals surface area contributed by atoms with E-state index in [1.165, 1.54) is 28.8 Å². The summed E-state index contributed by atoms with van der Waals surface area (Å²) in [6.07, 6.45) is 1.69. The van der Waals surface area contributed by atoms with Crippen molar-refractivity contribution >= 4 is 44.3 Å². The molecular weight excluding hydrogens is 394 g/mol. The number of nitrogens with one attached hydrogen (secondary N) is 2. The van der Waals surface area contributed by atoms with Crippen LogP contribution in [0.3, 0.4) is 0 Å². The van der Waals surface area contributed by atoms with Crippen molar-refractivity contribution in [1.29, 1.82) is 0 Å². The first kappa shape index (κ1) is 20.3. The Bertz CT molecular complexity index is 1180. The molecule has 0 saturated carbocycles. The number of fused-ring (bicyclic) bond motifs is 1. The van der Waals surface area contributed by atoms with Crippen LogP contribution in [0.4, 0.5) is 5.69 Å². The van der Waals surface area contributed by atoms with Crippen molar-refractivity contribution in [3.05, 3.63) is 60.8 Å². The average Bonchev–Trinajstić information content (AvgIpc) is 3.10. The summed E-state index contributed by atoms with van der Waals surface area (Å²) in [5, 5.41) is 3.56. The second-order valence-corrected chi connectivity index (χ2v) is 8.05. The maximum Gasteiger partial charge on any atom is 0.264 e. The predicted molar refractivity (Wildman–Crippen MR) is 108 cm³/mol. The van der Waals surface area contributed by atoms with E-state index in [1.807, 2.05) is 35.1 Å². The Balaban J connectivity index is 1.58. The Labute approximate surface area is 167 Å². The fourth-order valence-electron chi connectivity index (χ4n) is 2.83. The molecule has 8 nitrogen and oxygen atoms in total. The highest BCUT2D eigenvalue weighted by atomic mass is 32.2. The number of hydrogen-bond donors (Lipinski definition) is 2. The summed E-state index contributed by atoms with van der Waals surface area (Å²) in [5.74, 6) is -1.26. The van der Waals surface area contributed by atoms with Crippen LogP contribution in [0.1, 0.15) is 24.6 Å². The normalized spacial score (nSPS) is 11.2. The van der Waals surface area contributed by atoms with E-state index in [0.717, 1.165) is 17.8 Å². The smallest absolute Gasteiger partial charge is 0.264 e. The molecule has 0 saturated heterocycles. The zero-order valence-electron chi connectivity index (χ0n) is 15.6. The second-order valence-electron chi connectivity index (χ2n) is 6.37. The third-order valence-electron chi connectivity index (χ3n) is 4.16. The molecule has 29 heavy (non-hydrogen) atoms. The first-order valence-electron chi connectivity index (χ1n) is 8.79. The maximum absolute atomic E-state index is 12.4. The van der Waals surface area contributed by atoms with Crippen molar-refractivity contribution in [3.63, 3.8) is 0 Å². The molecule has 3 aromatic rings. The molecule has 1 aromatic heterocycles. The molecule has 2 N–H and O–H groups in total. The molecule has 0 fully saturated rings. The summed E-state index contributed by atoms with van der Waals surface area (Å²) < 4.78 is 27.2. The van der Waals surface area contributed by atoms with Gasteiger partial charge in [0.1, 0.15) is 0 Å². The van der Waals surface area contributed by atoms with Crippen LogP contribution in [0.25, 0.3) is 10.9 Å². The van der Waals surface area contributed by atoms with Crippen molar-refractivity contribution in [2.24, 2.45) is 0 Å². The van der Waals surface area contributed by atoms with Crippen molar-refractivity contribution in [2.75, 3.05) is 5.32 Å². The van der Waals surface area contributed by atoms with Gasteiger partial charge in [0.2, 0.25) is 17.7 Å². The number of anilines is 1. The molecule has 2 amide bonds. The van der Waals surface area contributed by atoms with Crippen molar-refractivity contribution < 1.29 is 22.8 Å². The van der Waals surface area contributed by atoms with Gasteiger partial charge in [-0.1, -0.05) is 18.2 Å². The van der Waals surface area contributed by atoms with Gasteiger partial charge in [0.25, 0.3) is 10.0 Å². The number of benzene rings is 2. The van der Waals surface area contributed by atoms with E-state index in [9.17, 15) is 22.8 Å². The summed E-state index contributed by atoms with van der Waals surface area (Å²) >= 11 is 0. The minimum absolute atomic E-state index is 0.0166. The monoisotopic (exact) mass is 413 g/mol. The van der Waals surface area contributed by atoms with E-state index in [-0.39, 0.29) is 29.6 Å². The van der Waals surface area contributed by atoms with E-state index < -0.39 is 15.9 Å². The second kappa shape index (κ2) is 8.27. The fraction of sp³-hybridized carbons (Fsp3) is 0.150. The Kier molecular flexibility index (Phi) is 5.79. The Morgan fingerprint density at radius 1 is 0.931 bits per heavy atom. The quantitative estimate of drug-likeness (QED) is 0.644. The SMILES string of the molecule is CC(=O)NS(=O)(=O)c1ccc(NC(=O)CCC(=O)n2ccc3ccccc32)cc1. The summed E-state index contributed by atoms with van der Waals surface area (Å²) in [6.45, 7) is 1.10.